The van der Waals surface area contributed by atoms with Crippen molar-refractivity contribution in [1.29, 1.82) is 0 Å². The molecule has 0 aliphatic carbocycles. The van der Waals surface area contributed by atoms with E-state index in [1.807, 2.05) is 25.1 Å². The number of imidazole rings is 1. The van der Waals surface area contributed by atoms with Gasteiger partial charge >= 0.3 is 0 Å². The van der Waals surface area contributed by atoms with Gasteiger partial charge in [-0.15, -0.1) is 0 Å². The van der Waals surface area contributed by atoms with Crippen LogP contribution in [-0.4, -0.2) is 15.1 Å². The Hall–Kier alpha value is -2.30. The molecule has 0 unspecified atom stereocenters. The van der Waals surface area contributed by atoms with Crippen molar-refractivity contribution in [2.45, 2.75) is 6.92 Å². The van der Waals surface area contributed by atoms with Crippen LogP contribution in [0.2, 0.25) is 0 Å². The highest BCUT2D eigenvalue weighted by atomic mass is 16.5. The minimum atomic E-state index is 0.313. The Morgan fingerprint density at radius 2 is 2.19 bits per heavy atom. The Labute approximate surface area is 91.3 Å². The van der Waals surface area contributed by atoms with Gasteiger partial charge in [-0.3, -0.25) is 0 Å². The standard InChI is InChI=1S/C11H10N4O/c1-6-14-9-4-2-3-7(10(9)15-6)8-5-13-16-11(8)12/h2-5H,12H2,1H3,(H,14,15). The van der Waals surface area contributed by atoms with Gasteiger partial charge in [-0.25, -0.2) is 4.98 Å². The summed E-state index contributed by atoms with van der Waals surface area (Å²) in [6.07, 6.45) is 1.61. The Balaban J connectivity index is 2.35. The molecule has 3 N–H and O–H groups in total. The molecule has 0 spiro atoms. The SMILES string of the molecule is Cc1nc2c(-c3cnoc3N)cccc2[nH]1. The Morgan fingerprint density at radius 3 is 2.94 bits per heavy atom. The number of fused-ring (bicyclic) bond motifs is 1. The maximum atomic E-state index is 5.70. The lowest BCUT2D eigenvalue weighted by Gasteiger charge is -1.98. The number of hydrogen-bond acceptors (Lipinski definition) is 4. The van der Waals surface area contributed by atoms with E-state index in [2.05, 4.69) is 15.1 Å². The molecule has 2 heterocycles. The third-order valence-corrected chi connectivity index (χ3v) is 2.52. The van der Waals surface area contributed by atoms with Crippen LogP contribution in [0.3, 0.4) is 0 Å². The van der Waals surface area contributed by atoms with E-state index in [-0.39, 0.29) is 0 Å². The molecular weight excluding hydrogens is 204 g/mol. The van der Waals surface area contributed by atoms with Gasteiger partial charge in [-0.05, 0) is 13.0 Å². The normalized spacial score (nSPS) is 11.1. The number of rotatable bonds is 1. The second-order valence-electron chi connectivity index (χ2n) is 3.63. The van der Waals surface area contributed by atoms with Crippen molar-refractivity contribution < 1.29 is 4.52 Å². The van der Waals surface area contributed by atoms with E-state index in [0.717, 1.165) is 28.0 Å². The lowest BCUT2D eigenvalue weighted by atomic mass is 10.1. The third kappa shape index (κ3) is 1.18. The highest BCUT2D eigenvalue weighted by molar-refractivity contribution is 5.94. The van der Waals surface area contributed by atoms with Gasteiger partial charge in [0.25, 0.3) is 0 Å². The van der Waals surface area contributed by atoms with Crippen molar-refractivity contribution in [2.24, 2.45) is 0 Å². The first-order chi connectivity index (χ1) is 7.75. The van der Waals surface area contributed by atoms with Gasteiger partial charge in [-0.1, -0.05) is 17.3 Å². The lowest BCUT2D eigenvalue weighted by Crippen LogP contribution is -1.85. The fourth-order valence-corrected chi connectivity index (χ4v) is 1.82. The van der Waals surface area contributed by atoms with Gasteiger partial charge in [0.05, 0.1) is 22.8 Å². The number of anilines is 1. The summed E-state index contributed by atoms with van der Waals surface area (Å²) >= 11 is 0. The van der Waals surface area contributed by atoms with Gasteiger partial charge < -0.3 is 15.2 Å². The second kappa shape index (κ2) is 3.10. The fourth-order valence-electron chi connectivity index (χ4n) is 1.82. The number of para-hydroxylation sites is 1. The molecule has 3 aromatic rings. The first-order valence-corrected chi connectivity index (χ1v) is 4.91. The Kier molecular flexibility index (Phi) is 1.73. The van der Waals surface area contributed by atoms with Gasteiger partial charge in [-0.2, -0.15) is 0 Å². The van der Waals surface area contributed by atoms with Gasteiger partial charge in [0.1, 0.15) is 5.82 Å². The highest BCUT2D eigenvalue weighted by Gasteiger charge is 2.12. The summed E-state index contributed by atoms with van der Waals surface area (Å²) in [7, 11) is 0. The third-order valence-electron chi connectivity index (χ3n) is 2.52. The van der Waals surface area contributed by atoms with E-state index in [0.29, 0.717) is 5.88 Å². The molecular formula is C11H10N4O. The van der Waals surface area contributed by atoms with E-state index in [1.165, 1.54) is 0 Å². The topological polar surface area (TPSA) is 80.7 Å². The maximum absolute atomic E-state index is 5.70. The van der Waals surface area contributed by atoms with Crippen LogP contribution in [0.4, 0.5) is 5.88 Å². The van der Waals surface area contributed by atoms with Crippen LogP contribution in [-0.2, 0) is 0 Å². The minimum Gasteiger partial charge on any atom is -0.367 e. The Morgan fingerprint density at radius 1 is 1.31 bits per heavy atom. The summed E-state index contributed by atoms with van der Waals surface area (Å²) in [4.78, 5) is 7.61. The molecule has 1 aromatic carbocycles. The fraction of sp³-hybridized carbons (Fsp3) is 0.0909. The van der Waals surface area contributed by atoms with Crippen molar-refractivity contribution in [2.75, 3.05) is 5.73 Å². The summed E-state index contributed by atoms with van der Waals surface area (Å²) in [5, 5.41) is 3.67. The van der Waals surface area contributed by atoms with Crippen molar-refractivity contribution in [3.63, 3.8) is 0 Å². The zero-order valence-electron chi connectivity index (χ0n) is 8.69. The van der Waals surface area contributed by atoms with Crippen LogP contribution in [0.1, 0.15) is 5.82 Å². The van der Waals surface area contributed by atoms with Gasteiger partial charge in [0.2, 0.25) is 5.88 Å². The quantitative estimate of drug-likeness (QED) is 0.650. The summed E-state index contributed by atoms with van der Waals surface area (Å²) in [5.41, 5.74) is 9.28. The number of aryl methyl sites for hydroxylation is 1. The number of aromatic amines is 1. The molecule has 0 bridgehead atoms. The van der Waals surface area contributed by atoms with Crippen LogP contribution in [0.5, 0.6) is 0 Å². The van der Waals surface area contributed by atoms with Crippen molar-refractivity contribution in [3.05, 3.63) is 30.2 Å². The Bertz CT molecular complexity index is 653. The number of nitrogens with one attached hydrogen (secondary N) is 1. The maximum Gasteiger partial charge on any atom is 0.230 e. The molecule has 0 saturated carbocycles. The molecule has 5 nitrogen and oxygen atoms in total. The number of nitrogens with zero attached hydrogens (tertiary/aromatic N) is 2. The van der Waals surface area contributed by atoms with E-state index in [9.17, 15) is 0 Å². The van der Waals surface area contributed by atoms with Crippen molar-refractivity contribution in [3.8, 4) is 11.1 Å². The van der Waals surface area contributed by atoms with Crippen LogP contribution >= 0.6 is 0 Å². The number of benzene rings is 1. The molecule has 0 saturated heterocycles. The zero-order valence-corrected chi connectivity index (χ0v) is 8.69. The molecule has 0 atom stereocenters. The number of nitrogens with two attached hydrogens (primary N) is 1. The average molecular weight is 214 g/mol. The molecule has 5 heteroatoms. The smallest absolute Gasteiger partial charge is 0.230 e. The van der Waals surface area contributed by atoms with Crippen LogP contribution < -0.4 is 5.73 Å². The molecule has 0 amide bonds. The summed E-state index contributed by atoms with van der Waals surface area (Å²) in [6, 6.07) is 5.87. The summed E-state index contributed by atoms with van der Waals surface area (Å²) < 4.78 is 4.86. The first-order valence-electron chi connectivity index (χ1n) is 4.91. The van der Waals surface area contributed by atoms with Gasteiger partial charge in [0, 0.05) is 5.56 Å². The van der Waals surface area contributed by atoms with E-state index < -0.39 is 0 Å². The monoisotopic (exact) mass is 214 g/mol. The number of hydrogen-bond donors (Lipinski definition) is 2. The molecule has 0 fully saturated rings. The summed E-state index contributed by atoms with van der Waals surface area (Å²) in [5.74, 6) is 1.19. The predicted molar refractivity (Wildman–Crippen MR) is 60.7 cm³/mol. The first kappa shape index (κ1) is 8.96. The molecule has 2 aromatic heterocycles. The molecule has 0 radical (unpaired) electrons. The average Bonchev–Trinajstić information content (AvgIpc) is 2.82. The number of nitrogen functional groups attached to an aromatic ring is 1. The molecule has 80 valence electrons. The van der Waals surface area contributed by atoms with E-state index in [4.69, 9.17) is 10.3 Å². The van der Waals surface area contributed by atoms with E-state index in [1.54, 1.807) is 6.20 Å². The second-order valence-corrected chi connectivity index (χ2v) is 3.63. The zero-order chi connectivity index (χ0) is 11.1. The number of H-pyrrole nitrogens is 1. The van der Waals surface area contributed by atoms with Crippen LogP contribution in [0, 0.1) is 6.92 Å². The number of aromatic nitrogens is 3. The minimum absolute atomic E-state index is 0.313. The largest absolute Gasteiger partial charge is 0.367 e. The van der Waals surface area contributed by atoms with Crippen molar-refractivity contribution >= 4 is 16.9 Å². The van der Waals surface area contributed by atoms with Crippen LogP contribution in [0.15, 0.2) is 28.9 Å². The molecule has 3 rings (SSSR count). The van der Waals surface area contributed by atoms with Gasteiger partial charge in [0.15, 0.2) is 0 Å². The van der Waals surface area contributed by atoms with E-state index >= 15 is 0 Å². The lowest BCUT2D eigenvalue weighted by molar-refractivity contribution is 0.436. The van der Waals surface area contributed by atoms with Crippen molar-refractivity contribution in [1.82, 2.24) is 15.1 Å². The van der Waals surface area contributed by atoms with Crippen LogP contribution in [0.25, 0.3) is 22.2 Å². The predicted octanol–water partition coefficient (Wildman–Crippen LogP) is 2.11. The molecule has 0 aliphatic rings. The highest BCUT2D eigenvalue weighted by Crippen LogP contribution is 2.30. The molecule has 0 aliphatic heterocycles. The molecule has 16 heavy (non-hydrogen) atoms. The summed E-state index contributed by atoms with van der Waals surface area (Å²) in [6.45, 7) is 1.92.